The molecular formula is C116H114BrF3N6O5P4PdSZn. The molecule has 2 aromatic heterocycles. The third-order valence-corrected chi connectivity index (χ3v) is 32.1. The third kappa shape index (κ3) is 34.8. The van der Waals surface area contributed by atoms with E-state index in [1.807, 2.05) is 74.3 Å². The summed E-state index contributed by atoms with van der Waals surface area (Å²) < 4.78 is 62.9. The van der Waals surface area contributed by atoms with Crippen molar-refractivity contribution in [3.8, 4) is 0 Å². The second-order valence-electron chi connectivity index (χ2n) is 31.7. The van der Waals surface area contributed by atoms with Crippen molar-refractivity contribution >= 4 is 148 Å². The largest absolute Gasteiger partial charge is 0.0622 e. The first-order chi connectivity index (χ1) is 66.2. The summed E-state index contributed by atoms with van der Waals surface area (Å²) in [5, 5.41) is 22.4. The molecule has 0 bridgehead atoms. The van der Waals surface area contributed by atoms with E-state index in [-0.39, 0.29) is 59.2 Å². The molecule has 14 aromatic carbocycles. The van der Waals surface area contributed by atoms with Gasteiger partial charge in [-0.1, -0.05) is 455 Å². The van der Waals surface area contributed by atoms with Crippen molar-refractivity contribution in [3.63, 3.8) is 0 Å². The zero-order valence-electron chi connectivity index (χ0n) is 77.3. The van der Waals surface area contributed by atoms with Crippen LogP contribution < -0.4 is 74.3 Å². The Morgan fingerprint density at radius 1 is 0.377 bits per heavy atom. The third-order valence-electron chi connectivity index (χ3n) is 21.3. The molecule has 138 heavy (non-hydrogen) atoms. The van der Waals surface area contributed by atoms with Crippen LogP contribution in [0.15, 0.2) is 467 Å². The van der Waals surface area contributed by atoms with Crippen LogP contribution >= 0.6 is 45.3 Å². The molecule has 4 amide bonds. The Balaban J connectivity index is 0.000000182. The fraction of sp³-hybridized carbons (Fsp3) is 0.138. The van der Waals surface area contributed by atoms with Gasteiger partial charge >= 0.3 is 57.7 Å². The summed E-state index contributed by atoms with van der Waals surface area (Å²) in [6.45, 7) is 13.8. The van der Waals surface area contributed by atoms with Gasteiger partial charge < -0.3 is 29.6 Å². The molecule has 0 unspecified atom stereocenters. The Bertz CT molecular complexity index is 5520. The number of pyridine rings is 2. The Kier molecular flexibility index (Phi) is 47.1. The van der Waals surface area contributed by atoms with E-state index in [2.05, 4.69) is 454 Å². The molecule has 0 saturated carbocycles. The Labute approximate surface area is 849 Å². The van der Waals surface area contributed by atoms with Crippen LogP contribution in [0.1, 0.15) is 87.7 Å². The maximum atomic E-state index is 12.5. The van der Waals surface area contributed by atoms with Crippen LogP contribution in [0, 0.1) is 20.0 Å². The fourth-order valence-electron chi connectivity index (χ4n) is 14.4. The van der Waals surface area contributed by atoms with Crippen molar-refractivity contribution in [1.82, 2.24) is 19.8 Å². The average Bonchev–Trinajstić information content (AvgIpc) is 0.829. The van der Waals surface area contributed by atoms with Gasteiger partial charge in [-0.05, 0) is 179 Å². The van der Waals surface area contributed by atoms with Crippen LogP contribution in [0.4, 0.5) is 34.1 Å². The van der Waals surface area contributed by atoms with Crippen molar-refractivity contribution < 1.29 is 72.1 Å². The predicted molar refractivity (Wildman–Crippen MR) is 577 cm³/mol. The van der Waals surface area contributed by atoms with Crippen LogP contribution in [0.25, 0.3) is 5.57 Å². The summed E-state index contributed by atoms with van der Waals surface area (Å²) in [5.41, 5.74) is 2.88. The van der Waals surface area contributed by atoms with E-state index < -0.39 is 53.3 Å². The zero-order chi connectivity index (χ0) is 96.1. The van der Waals surface area contributed by atoms with Gasteiger partial charge in [0.2, 0.25) is 0 Å². The number of halogens is 4. The number of amides is 4. The summed E-state index contributed by atoms with van der Waals surface area (Å²) in [7, 11) is -7.47. The standard InChI is InChI=1S/C21H25N3O.4C18H15P.C16H19F3N2O4S.C6H6N.CH4.BrH.Pd.Zn/c1-15(2)17-6-8-19(9-7-17)23-21(25)24-13-10-18(11-14-24)20-16(3)5-4-12-22-20;4*1-4-10-16(11-5-1)19(17-12-6-2-7-13-17)18-14-8-3-9-15-18;1-11(2)12-3-5-13(6-4-12)20-15(22)21-9-7-14(8-10-21)25-26(23,24)16(17,18)19;1-6-3-2-4-7-5-6;;;;/h4-10,12,15H,11,13-14H2,1-3H3,(H,23,25);4*1-15H;3-7,11H,8-10H2,1-2H3,(H,20,22);2-4H,1H3;1H4;1H;;/q;;;;;;-1;;;;+2/p-1. The summed E-state index contributed by atoms with van der Waals surface area (Å²) in [4.78, 5) is 36.1. The molecule has 18 rings (SSSR count). The number of nitrogens with one attached hydrogen (secondary N) is 2. The number of carbonyl (C=O) groups is 2. The maximum absolute atomic E-state index is 12.5. The van der Waals surface area contributed by atoms with E-state index in [1.165, 1.54) is 102 Å². The number of anilines is 2. The molecule has 704 valence electrons. The van der Waals surface area contributed by atoms with Crippen molar-refractivity contribution in [2.75, 3.05) is 36.8 Å². The zero-order valence-corrected chi connectivity index (χ0v) is 87.8. The van der Waals surface area contributed by atoms with E-state index in [0.717, 1.165) is 35.0 Å². The molecule has 22 heteroatoms. The van der Waals surface area contributed by atoms with Gasteiger partial charge in [-0.2, -0.15) is 33.7 Å². The molecule has 2 N–H and O–H groups in total. The van der Waals surface area contributed by atoms with Crippen molar-refractivity contribution in [2.45, 2.75) is 79.2 Å². The van der Waals surface area contributed by atoms with E-state index in [1.54, 1.807) is 18.3 Å². The number of rotatable bonds is 19. The van der Waals surface area contributed by atoms with Crippen molar-refractivity contribution in [1.29, 1.82) is 0 Å². The number of urea groups is 2. The fourth-order valence-corrected chi connectivity index (χ4v) is 24.2. The van der Waals surface area contributed by atoms with E-state index in [9.17, 15) is 31.2 Å². The molecular weight excluding hydrogens is 2020 g/mol. The number of nitrogens with zero attached hydrogens (tertiary/aromatic N) is 4. The van der Waals surface area contributed by atoms with Gasteiger partial charge in [0, 0.05) is 70.6 Å². The molecule has 0 radical (unpaired) electrons. The first kappa shape index (κ1) is 110. The van der Waals surface area contributed by atoms with Gasteiger partial charge in [-0.3, -0.25) is 4.98 Å². The first-order valence-corrected chi connectivity index (χ1v) is 58.5. The molecule has 2 aliphatic rings. The maximum Gasteiger partial charge on any atom is -0.0134 e. The molecule has 2 aliphatic heterocycles. The quantitative estimate of drug-likeness (QED) is 0.0271. The molecule has 11 nitrogen and oxygen atoms in total. The monoisotopic (exact) mass is 2130 g/mol. The normalized spacial score (nSPS) is 11.9. The molecule has 0 saturated heterocycles. The summed E-state index contributed by atoms with van der Waals surface area (Å²) in [6.07, 6.45) is 10.3. The Morgan fingerprint density at radius 2 is 0.630 bits per heavy atom. The Morgan fingerprint density at radius 3 is 0.826 bits per heavy atom. The van der Waals surface area contributed by atoms with Gasteiger partial charge in [0.05, 0.1) is 5.69 Å². The number of alkyl halides is 3. The Hall–Kier alpha value is -11.6. The van der Waals surface area contributed by atoms with Crippen molar-refractivity contribution in [2.24, 2.45) is 0 Å². The van der Waals surface area contributed by atoms with E-state index in [0.29, 0.717) is 30.6 Å². The SMILES string of the molecule is C.CC(C)c1ccc(NC(=O)N2CC=C(OS(=O)(=O)C(F)(F)F)CC2)cc1.Cc1[c-]nccc1.Cc1cccnc1C1=CCN(C(=O)Nc2ccc(C(C)C)cc2)CC1.[Pd].[Zn+][Br].c1ccc(P(c2ccccc2)c2ccccc2)cc1.c1ccc(P(c2ccccc2)c2ccccc2)cc1.c1ccc(P(c2ccccc2)c2ccccc2)cc1.c1ccc(P(c2ccccc2)c2ccccc2)cc1. The average molecular weight is 2140 g/mol. The van der Waals surface area contributed by atoms with Crippen LogP contribution in [0.5, 0.6) is 0 Å². The predicted octanol–water partition coefficient (Wildman–Crippen LogP) is 25.1. The number of hydrogen-bond donors (Lipinski definition) is 2. The number of hydrogen-bond acceptors (Lipinski definition) is 7. The smallest absolute Gasteiger partial charge is 0.0134 e. The van der Waals surface area contributed by atoms with Crippen LogP contribution in [0.2, 0.25) is 0 Å². The second kappa shape index (κ2) is 59.0. The molecule has 0 fully saturated rings. The van der Waals surface area contributed by atoms with Gasteiger partial charge in [0.25, 0.3) is 0 Å². The second-order valence-corrected chi connectivity index (χ2v) is 42.1. The van der Waals surface area contributed by atoms with Crippen LogP contribution in [-0.2, 0) is 51.1 Å². The number of benzene rings is 14. The van der Waals surface area contributed by atoms with Gasteiger partial charge in [-0.25, -0.2) is 9.59 Å². The summed E-state index contributed by atoms with van der Waals surface area (Å²) in [6, 6.07) is 152. The van der Waals surface area contributed by atoms with Gasteiger partial charge in [0.15, 0.2) is 0 Å². The summed E-state index contributed by atoms with van der Waals surface area (Å²) in [5.74, 6) is 0.525. The molecule has 0 atom stereocenters. The van der Waals surface area contributed by atoms with Crippen LogP contribution in [0.3, 0.4) is 0 Å². The number of carbonyl (C=O) groups excluding carboxylic acids is 2. The van der Waals surface area contributed by atoms with Crippen molar-refractivity contribution in [3.05, 3.63) is 501 Å². The minimum absolute atomic E-state index is 0. The topological polar surface area (TPSA) is 134 Å². The minimum Gasteiger partial charge on any atom is -0.0622 e. The summed E-state index contributed by atoms with van der Waals surface area (Å²) >= 11 is 4.25. The minimum atomic E-state index is -5.68. The molecule has 4 heterocycles. The molecule has 0 aliphatic carbocycles. The molecule has 0 spiro atoms. The number of aromatic nitrogens is 2. The molecule has 16 aromatic rings. The first-order valence-electron chi connectivity index (χ1n) is 44.7. The van der Waals surface area contributed by atoms with Gasteiger partial charge in [0.1, 0.15) is 5.76 Å². The number of aryl methyl sites for hydroxylation is 2. The van der Waals surface area contributed by atoms with Crippen LogP contribution in [-0.4, -0.2) is 71.9 Å². The van der Waals surface area contributed by atoms with E-state index >= 15 is 0 Å². The van der Waals surface area contributed by atoms with E-state index in [4.69, 9.17) is 0 Å². The van der Waals surface area contributed by atoms with Gasteiger partial charge in [-0.15, -0.1) is 5.56 Å².